The fraction of sp³-hybridized carbons (Fsp3) is 0.667. The third-order valence-corrected chi connectivity index (χ3v) is 3.20. The maximum atomic E-state index is 4.20. The monoisotopic (exact) mass is 237 g/mol. The second-order valence-electron chi connectivity index (χ2n) is 3.58. The summed E-state index contributed by atoms with van der Waals surface area (Å²) in [7, 11) is 0. The molecule has 3 nitrogen and oxygen atoms in total. The van der Waals surface area contributed by atoms with Crippen LogP contribution in [0.2, 0.25) is 0 Å². The first-order chi connectivity index (χ1) is 7.83. The lowest BCUT2D eigenvalue weighted by Crippen LogP contribution is -2.20. The van der Waals surface area contributed by atoms with E-state index < -0.39 is 0 Å². The first kappa shape index (κ1) is 13.1. The summed E-state index contributed by atoms with van der Waals surface area (Å²) in [6.45, 7) is 7.10. The second kappa shape index (κ2) is 7.37. The standard InChI is InChI=1S/C12H19N3S/c1-4-7-9-10(13-6-3)12-11(8-5-2)14-15-16-12/h10,13H,5-6,8-9H2,1-3H3. The van der Waals surface area contributed by atoms with Crippen LogP contribution >= 0.6 is 11.5 Å². The molecule has 88 valence electrons. The normalized spacial score (nSPS) is 11.9. The van der Waals surface area contributed by atoms with Crippen LogP contribution in [-0.2, 0) is 6.42 Å². The molecular weight excluding hydrogens is 218 g/mol. The molecule has 0 aliphatic heterocycles. The summed E-state index contributed by atoms with van der Waals surface area (Å²) in [5.74, 6) is 6.07. The Kier molecular flexibility index (Phi) is 6.05. The van der Waals surface area contributed by atoms with Gasteiger partial charge < -0.3 is 5.32 Å². The maximum Gasteiger partial charge on any atom is 0.0803 e. The van der Waals surface area contributed by atoms with Crippen molar-refractivity contribution in [3.05, 3.63) is 10.6 Å². The van der Waals surface area contributed by atoms with Crippen molar-refractivity contribution in [1.29, 1.82) is 0 Å². The molecule has 0 amide bonds. The van der Waals surface area contributed by atoms with Gasteiger partial charge in [0.05, 0.1) is 16.6 Å². The van der Waals surface area contributed by atoms with Crippen LogP contribution in [0.4, 0.5) is 0 Å². The minimum Gasteiger partial charge on any atom is -0.309 e. The number of nitrogens with zero attached hydrogens (tertiary/aromatic N) is 2. The molecule has 1 atom stereocenters. The summed E-state index contributed by atoms with van der Waals surface area (Å²) < 4.78 is 4.06. The highest BCUT2D eigenvalue weighted by Crippen LogP contribution is 2.23. The summed E-state index contributed by atoms with van der Waals surface area (Å²) in [5.41, 5.74) is 1.14. The molecule has 0 saturated carbocycles. The Balaban J connectivity index is 2.80. The molecular formula is C12H19N3S. The summed E-state index contributed by atoms with van der Waals surface area (Å²) in [6.07, 6.45) is 2.95. The number of rotatable bonds is 6. The predicted octanol–water partition coefficient (Wildman–Crippen LogP) is 2.55. The van der Waals surface area contributed by atoms with E-state index >= 15 is 0 Å². The minimum absolute atomic E-state index is 0.291. The van der Waals surface area contributed by atoms with Crippen LogP contribution in [0.5, 0.6) is 0 Å². The molecule has 1 rings (SSSR count). The van der Waals surface area contributed by atoms with Crippen molar-refractivity contribution >= 4 is 11.5 Å². The van der Waals surface area contributed by atoms with E-state index in [-0.39, 0.29) is 0 Å². The molecule has 1 unspecified atom stereocenters. The molecule has 1 N–H and O–H groups in total. The lowest BCUT2D eigenvalue weighted by Gasteiger charge is -2.13. The van der Waals surface area contributed by atoms with Crippen LogP contribution in [0.15, 0.2) is 0 Å². The highest BCUT2D eigenvalue weighted by molar-refractivity contribution is 7.05. The quantitative estimate of drug-likeness (QED) is 0.773. The Morgan fingerprint density at radius 1 is 1.44 bits per heavy atom. The molecule has 0 aliphatic carbocycles. The molecule has 0 radical (unpaired) electrons. The van der Waals surface area contributed by atoms with E-state index in [1.54, 1.807) is 0 Å². The van der Waals surface area contributed by atoms with E-state index in [1.165, 1.54) is 16.4 Å². The van der Waals surface area contributed by atoms with Gasteiger partial charge in [0, 0.05) is 6.42 Å². The Morgan fingerprint density at radius 2 is 2.25 bits per heavy atom. The van der Waals surface area contributed by atoms with Gasteiger partial charge in [0.15, 0.2) is 0 Å². The fourth-order valence-electron chi connectivity index (χ4n) is 1.60. The van der Waals surface area contributed by atoms with Crippen molar-refractivity contribution in [3.8, 4) is 11.8 Å². The highest BCUT2D eigenvalue weighted by Gasteiger charge is 2.16. The Labute approximate surface area is 102 Å². The van der Waals surface area contributed by atoms with Crippen LogP contribution < -0.4 is 5.32 Å². The third-order valence-electron chi connectivity index (χ3n) is 2.32. The molecule has 0 spiro atoms. The summed E-state index contributed by atoms with van der Waals surface area (Å²) in [6, 6.07) is 0.291. The Hall–Kier alpha value is -0.920. The molecule has 1 aromatic rings. The maximum absolute atomic E-state index is 4.20. The summed E-state index contributed by atoms with van der Waals surface area (Å²) >= 11 is 1.50. The molecule has 0 aromatic carbocycles. The van der Waals surface area contributed by atoms with Gasteiger partial charge in [-0.3, -0.25) is 0 Å². The van der Waals surface area contributed by atoms with Gasteiger partial charge in [0.25, 0.3) is 0 Å². The number of aromatic nitrogens is 2. The van der Waals surface area contributed by atoms with E-state index in [9.17, 15) is 0 Å². The molecule has 0 aliphatic rings. The molecule has 0 saturated heterocycles. The van der Waals surface area contributed by atoms with E-state index in [0.717, 1.165) is 31.5 Å². The SMILES string of the molecule is CC#CCC(NCC)c1snnc1CCC. The van der Waals surface area contributed by atoms with Crippen molar-refractivity contribution in [2.45, 2.75) is 46.1 Å². The number of aryl methyl sites for hydroxylation is 1. The van der Waals surface area contributed by atoms with Crippen LogP contribution in [0.25, 0.3) is 0 Å². The average molecular weight is 237 g/mol. The van der Waals surface area contributed by atoms with E-state index in [0.29, 0.717) is 6.04 Å². The highest BCUT2D eigenvalue weighted by atomic mass is 32.1. The van der Waals surface area contributed by atoms with Crippen LogP contribution in [0, 0.1) is 11.8 Å². The second-order valence-corrected chi connectivity index (χ2v) is 4.36. The largest absolute Gasteiger partial charge is 0.309 e. The molecule has 0 fully saturated rings. The van der Waals surface area contributed by atoms with Crippen molar-refractivity contribution in [2.24, 2.45) is 0 Å². The van der Waals surface area contributed by atoms with Gasteiger partial charge in [0.2, 0.25) is 0 Å². The lowest BCUT2D eigenvalue weighted by atomic mass is 10.1. The number of hydrogen-bond donors (Lipinski definition) is 1. The van der Waals surface area contributed by atoms with Crippen molar-refractivity contribution in [2.75, 3.05) is 6.54 Å². The molecule has 1 heterocycles. The van der Waals surface area contributed by atoms with Crippen molar-refractivity contribution in [3.63, 3.8) is 0 Å². The van der Waals surface area contributed by atoms with Gasteiger partial charge in [-0.25, -0.2) is 0 Å². The molecule has 1 aromatic heterocycles. The van der Waals surface area contributed by atoms with Gasteiger partial charge in [-0.2, -0.15) is 0 Å². The third kappa shape index (κ3) is 3.58. The smallest absolute Gasteiger partial charge is 0.0803 e. The zero-order valence-corrected chi connectivity index (χ0v) is 11.0. The van der Waals surface area contributed by atoms with E-state index in [2.05, 4.69) is 40.6 Å². The first-order valence-electron chi connectivity index (χ1n) is 5.77. The molecule has 16 heavy (non-hydrogen) atoms. The fourth-order valence-corrected chi connectivity index (χ4v) is 2.37. The first-order valence-corrected chi connectivity index (χ1v) is 6.54. The van der Waals surface area contributed by atoms with Crippen LogP contribution in [-0.4, -0.2) is 16.1 Å². The average Bonchev–Trinajstić information content (AvgIpc) is 2.73. The van der Waals surface area contributed by atoms with E-state index in [1.807, 2.05) is 6.92 Å². The Morgan fingerprint density at radius 3 is 2.88 bits per heavy atom. The Bertz CT molecular complexity index is 362. The van der Waals surface area contributed by atoms with Gasteiger partial charge in [-0.1, -0.05) is 24.8 Å². The van der Waals surface area contributed by atoms with Gasteiger partial charge in [-0.15, -0.1) is 16.9 Å². The number of nitrogens with one attached hydrogen (secondary N) is 1. The molecule has 0 bridgehead atoms. The number of hydrogen-bond acceptors (Lipinski definition) is 4. The minimum atomic E-state index is 0.291. The van der Waals surface area contributed by atoms with Crippen LogP contribution in [0.3, 0.4) is 0 Å². The van der Waals surface area contributed by atoms with Crippen LogP contribution in [0.1, 0.15) is 50.2 Å². The van der Waals surface area contributed by atoms with Crippen molar-refractivity contribution < 1.29 is 0 Å². The summed E-state index contributed by atoms with van der Waals surface area (Å²) in [5, 5.41) is 7.64. The zero-order valence-electron chi connectivity index (χ0n) is 10.2. The van der Waals surface area contributed by atoms with Gasteiger partial charge >= 0.3 is 0 Å². The topological polar surface area (TPSA) is 37.8 Å². The lowest BCUT2D eigenvalue weighted by molar-refractivity contribution is 0.567. The van der Waals surface area contributed by atoms with E-state index in [4.69, 9.17) is 0 Å². The molecule has 4 heteroatoms. The predicted molar refractivity (Wildman–Crippen MR) is 68.4 cm³/mol. The zero-order chi connectivity index (χ0) is 11.8. The van der Waals surface area contributed by atoms with Crippen molar-refractivity contribution in [1.82, 2.24) is 14.9 Å². The summed E-state index contributed by atoms with van der Waals surface area (Å²) in [4.78, 5) is 1.26. The van der Waals surface area contributed by atoms with Gasteiger partial charge in [-0.05, 0) is 31.4 Å². The van der Waals surface area contributed by atoms with Gasteiger partial charge in [0.1, 0.15) is 0 Å².